The second kappa shape index (κ2) is 5.09. The fourth-order valence-electron chi connectivity index (χ4n) is 4.08. The van der Waals surface area contributed by atoms with E-state index in [0.29, 0.717) is 11.2 Å². The molecule has 2 aliphatic heterocycles. The quantitative estimate of drug-likeness (QED) is 0.877. The minimum atomic E-state index is 0.0461. The van der Waals surface area contributed by atoms with E-state index >= 15 is 0 Å². The van der Waals surface area contributed by atoms with Crippen LogP contribution in [0.1, 0.15) is 29.9 Å². The van der Waals surface area contributed by atoms with E-state index in [2.05, 4.69) is 21.9 Å². The highest BCUT2D eigenvalue weighted by Gasteiger charge is 2.41. The number of carbonyl (C=O) groups is 1. The van der Waals surface area contributed by atoms with Crippen LogP contribution in [0, 0.1) is 5.41 Å². The largest absolute Gasteiger partial charge is 0.335 e. The van der Waals surface area contributed by atoms with E-state index in [1.165, 1.54) is 12.8 Å². The summed E-state index contributed by atoms with van der Waals surface area (Å²) in [6.45, 7) is 3.97. The van der Waals surface area contributed by atoms with Crippen LogP contribution in [0.2, 0.25) is 0 Å². The molecule has 5 nitrogen and oxygen atoms in total. The van der Waals surface area contributed by atoms with E-state index in [1.807, 2.05) is 29.2 Å². The maximum atomic E-state index is 12.8. The Labute approximate surface area is 130 Å². The monoisotopic (exact) mass is 298 g/mol. The number of amides is 1. The van der Waals surface area contributed by atoms with E-state index in [9.17, 15) is 4.79 Å². The Bertz CT molecular complexity index is 673. The summed E-state index contributed by atoms with van der Waals surface area (Å²) in [6, 6.07) is 7.80. The van der Waals surface area contributed by atoms with Crippen molar-refractivity contribution in [2.45, 2.75) is 19.3 Å². The van der Waals surface area contributed by atoms with Crippen molar-refractivity contribution in [1.82, 2.24) is 19.8 Å². The number of nitrogens with zero attached hydrogens (tertiary/aromatic N) is 3. The van der Waals surface area contributed by atoms with Crippen LogP contribution >= 0.6 is 0 Å². The number of nitrogens with one attached hydrogen (secondary N) is 1. The van der Waals surface area contributed by atoms with Crippen molar-refractivity contribution in [2.24, 2.45) is 5.41 Å². The first-order valence-corrected chi connectivity index (χ1v) is 8.08. The molecule has 5 heteroatoms. The lowest BCUT2D eigenvalue weighted by molar-refractivity contribution is 0.0524. The molecule has 3 heterocycles. The Morgan fingerprint density at radius 2 is 2.09 bits per heavy atom. The Morgan fingerprint density at radius 1 is 1.23 bits per heavy atom. The summed E-state index contributed by atoms with van der Waals surface area (Å²) >= 11 is 0. The molecule has 2 saturated heterocycles. The van der Waals surface area contributed by atoms with Crippen molar-refractivity contribution in [3.63, 3.8) is 0 Å². The lowest BCUT2D eigenvalue weighted by atomic mass is 9.79. The molecule has 1 unspecified atom stereocenters. The first-order valence-electron chi connectivity index (χ1n) is 8.08. The lowest BCUT2D eigenvalue weighted by Gasteiger charge is -2.40. The first kappa shape index (κ1) is 13.8. The molecule has 1 atom stereocenters. The molecule has 2 fully saturated rings. The van der Waals surface area contributed by atoms with Crippen LogP contribution in [-0.2, 0) is 0 Å². The van der Waals surface area contributed by atoms with Gasteiger partial charge in [0, 0.05) is 25.0 Å². The maximum Gasteiger partial charge on any atom is 0.289 e. The fourth-order valence-corrected chi connectivity index (χ4v) is 4.08. The van der Waals surface area contributed by atoms with Gasteiger partial charge in [-0.05, 0) is 45.0 Å². The van der Waals surface area contributed by atoms with E-state index in [0.717, 1.165) is 43.6 Å². The van der Waals surface area contributed by atoms with Gasteiger partial charge in [0.2, 0.25) is 0 Å². The Balaban J connectivity index is 1.57. The zero-order valence-corrected chi connectivity index (χ0v) is 13.0. The maximum absolute atomic E-state index is 12.8. The molecule has 22 heavy (non-hydrogen) atoms. The fraction of sp³-hybridized carbons (Fsp3) is 0.529. The van der Waals surface area contributed by atoms with Gasteiger partial charge in [0.25, 0.3) is 5.91 Å². The van der Waals surface area contributed by atoms with Crippen LogP contribution < -0.4 is 0 Å². The van der Waals surface area contributed by atoms with Crippen LogP contribution in [0.25, 0.3) is 11.0 Å². The summed E-state index contributed by atoms with van der Waals surface area (Å²) < 4.78 is 0. The minimum absolute atomic E-state index is 0.0461. The molecule has 0 aliphatic carbocycles. The Kier molecular flexibility index (Phi) is 3.18. The van der Waals surface area contributed by atoms with Crippen LogP contribution in [-0.4, -0.2) is 58.9 Å². The standard InChI is InChI=1S/C17H22N4O/c1-20-10-8-17(11-20)7-4-9-21(12-17)16(22)15-18-13-5-2-3-6-14(13)19-15/h2-3,5-6H,4,7-12H2,1H3,(H,18,19). The van der Waals surface area contributed by atoms with Crippen LogP contribution in [0.4, 0.5) is 0 Å². The highest BCUT2D eigenvalue weighted by atomic mass is 16.2. The molecule has 0 radical (unpaired) electrons. The van der Waals surface area contributed by atoms with E-state index in [4.69, 9.17) is 0 Å². The number of likely N-dealkylation sites (tertiary alicyclic amines) is 2. The Hall–Kier alpha value is -1.88. The molecule has 1 N–H and O–H groups in total. The van der Waals surface area contributed by atoms with Gasteiger partial charge < -0.3 is 14.8 Å². The number of H-pyrrole nitrogens is 1. The van der Waals surface area contributed by atoms with Gasteiger partial charge in [-0.1, -0.05) is 12.1 Å². The molecule has 0 saturated carbocycles. The lowest BCUT2D eigenvalue weighted by Crippen LogP contribution is -2.47. The number of hydrogen-bond acceptors (Lipinski definition) is 3. The molecule has 2 aromatic rings. The number of carbonyl (C=O) groups excluding carboxylic acids is 1. The third kappa shape index (κ3) is 2.29. The van der Waals surface area contributed by atoms with Crippen molar-refractivity contribution < 1.29 is 4.79 Å². The van der Waals surface area contributed by atoms with Gasteiger partial charge in [0.05, 0.1) is 11.0 Å². The van der Waals surface area contributed by atoms with Gasteiger partial charge in [0.15, 0.2) is 5.82 Å². The van der Waals surface area contributed by atoms with Crippen LogP contribution in [0.3, 0.4) is 0 Å². The molecule has 116 valence electrons. The summed E-state index contributed by atoms with van der Waals surface area (Å²) in [5.41, 5.74) is 2.09. The number of hydrogen-bond donors (Lipinski definition) is 1. The van der Waals surface area contributed by atoms with Crippen molar-refractivity contribution >= 4 is 16.9 Å². The zero-order chi connectivity index (χ0) is 15.2. The van der Waals surface area contributed by atoms with Gasteiger partial charge in [-0.15, -0.1) is 0 Å². The van der Waals surface area contributed by atoms with E-state index in [-0.39, 0.29) is 5.91 Å². The summed E-state index contributed by atoms with van der Waals surface area (Å²) in [5, 5.41) is 0. The first-order chi connectivity index (χ1) is 10.7. The third-order valence-corrected chi connectivity index (χ3v) is 5.17. The number of para-hydroxylation sites is 2. The molecule has 2 aliphatic rings. The number of benzene rings is 1. The molecular formula is C17H22N4O. The highest BCUT2D eigenvalue weighted by Crippen LogP contribution is 2.38. The van der Waals surface area contributed by atoms with E-state index < -0.39 is 0 Å². The van der Waals surface area contributed by atoms with Gasteiger partial charge in [-0.25, -0.2) is 4.98 Å². The SMILES string of the molecule is CN1CCC2(CCCN(C(=O)c3nc4ccccc4[nH]3)C2)C1. The second-order valence-electron chi connectivity index (χ2n) is 6.92. The summed E-state index contributed by atoms with van der Waals surface area (Å²) in [7, 11) is 2.18. The zero-order valence-electron chi connectivity index (χ0n) is 13.0. The average Bonchev–Trinajstić information content (AvgIpc) is 3.10. The normalized spacial score (nSPS) is 26.1. The Morgan fingerprint density at radius 3 is 2.86 bits per heavy atom. The number of aromatic nitrogens is 2. The average molecular weight is 298 g/mol. The van der Waals surface area contributed by atoms with Gasteiger partial charge in [0.1, 0.15) is 0 Å². The summed E-state index contributed by atoms with van der Waals surface area (Å²) in [5.74, 6) is 0.523. The topological polar surface area (TPSA) is 52.2 Å². The van der Waals surface area contributed by atoms with Gasteiger partial charge in [-0.2, -0.15) is 0 Å². The smallest absolute Gasteiger partial charge is 0.289 e. The summed E-state index contributed by atoms with van der Waals surface area (Å²) in [6.07, 6.45) is 3.54. The third-order valence-electron chi connectivity index (χ3n) is 5.17. The highest BCUT2D eigenvalue weighted by molar-refractivity contribution is 5.94. The predicted molar refractivity (Wildman–Crippen MR) is 85.8 cm³/mol. The van der Waals surface area contributed by atoms with Crippen molar-refractivity contribution in [3.8, 4) is 0 Å². The molecule has 1 aromatic heterocycles. The number of imidazole rings is 1. The molecule has 4 rings (SSSR count). The number of fused-ring (bicyclic) bond motifs is 1. The molecule has 1 aromatic carbocycles. The van der Waals surface area contributed by atoms with Crippen LogP contribution in [0.5, 0.6) is 0 Å². The van der Waals surface area contributed by atoms with E-state index in [1.54, 1.807) is 0 Å². The number of rotatable bonds is 1. The number of aromatic amines is 1. The summed E-state index contributed by atoms with van der Waals surface area (Å²) in [4.78, 5) is 24.8. The van der Waals surface area contributed by atoms with Crippen LogP contribution in [0.15, 0.2) is 24.3 Å². The predicted octanol–water partition coefficient (Wildman–Crippen LogP) is 2.12. The molecule has 1 amide bonds. The van der Waals surface area contributed by atoms with Crippen molar-refractivity contribution in [2.75, 3.05) is 33.2 Å². The second-order valence-corrected chi connectivity index (χ2v) is 6.92. The van der Waals surface area contributed by atoms with Gasteiger partial charge >= 0.3 is 0 Å². The minimum Gasteiger partial charge on any atom is -0.335 e. The molecule has 0 bridgehead atoms. The molecular weight excluding hydrogens is 276 g/mol. The van der Waals surface area contributed by atoms with Crippen molar-refractivity contribution in [3.05, 3.63) is 30.1 Å². The van der Waals surface area contributed by atoms with Gasteiger partial charge in [-0.3, -0.25) is 4.79 Å². The van der Waals surface area contributed by atoms with Crippen molar-refractivity contribution in [1.29, 1.82) is 0 Å². The molecule has 1 spiro atoms. The number of piperidine rings is 1.